The van der Waals surface area contributed by atoms with Gasteiger partial charge in [-0.2, -0.15) is 4.98 Å². The van der Waals surface area contributed by atoms with Crippen LogP contribution in [0.2, 0.25) is 0 Å². The number of nitrogens with one attached hydrogen (secondary N) is 2. The topological polar surface area (TPSA) is 85.9 Å². The Morgan fingerprint density at radius 2 is 1.78 bits per heavy atom. The molecule has 0 amide bonds. The van der Waals surface area contributed by atoms with E-state index in [0.29, 0.717) is 30.2 Å². The van der Waals surface area contributed by atoms with Crippen LogP contribution in [0, 0.1) is 5.82 Å². The molecule has 0 aliphatic rings. The second kappa shape index (κ2) is 7.75. The van der Waals surface area contributed by atoms with E-state index in [0.717, 1.165) is 23.1 Å². The molecule has 0 aliphatic heterocycles. The van der Waals surface area contributed by atoms with Gasteiger partial charge >= 0.3 is 5.69 Å². The number of aryl methyl sites for hydroxylation is 1. The number of benzene rings is 1. The molecule has 0 spiro atoms. The quantitative estimate of drug-likeness (QED) is 0.593. The molecule has 3 aromatic rings. The second-order valence-corrected chi connectivity index (χ2v) is 6.41. The molecule has 0 saturated carbocycles. The van der Waals surface area contributed by atoms with Gasteiger partial charge in [0.05, 0.1) is 6.54 Å². The Morgan fingerprint density at radius 3 is 2.44 bits per heavy atom. The third-order valence-corrected chi connectivity index (χ3v) is 4.49. The highest BCUT2D eigenvalue weighted by atomic mass is 19.1. The van der Waals surface area contributed by atoms with Crippen molar-refractivity contribution < 1.29 is 4.39 Å². The number of rotatable bonds is 7. The van der Waals surface area contributed by atoms with Crippen LogP contribution < -0.4 is 21.9 Å². The first kappa shape index (κ1) is 18.8. The minimum atomic E-state index is -0.430. The Kier molecular flexibility index (Phi) is 5.41. The van der Waals surface area contributed by atoms with Crippen LogP contribution in [0.25, 0.3) is 11.2 Å². The van der Waals surface area contributed by atoms with Crippen LogP contribution >= 0.6 is 0 Å². The van der Waals surface area contributed by atoms with Crippen molar-refractivity contribution >= 4 is 17.1 Å². The summed E-state index contributed by atoms with van der Waals surface area (Å²) in [5, 5.41) is 6.31. The maximum atomic E-state index is 13.2. The third kappa shape index (κ3) is 3.63. The highest BCUT2D eigenvalue weighted by molar-refractivity contribution is 5.74. The molecule has 0 radical (unpaired) electrons. The molecule has 0 aliphatic carbocycles. The fraction of sp³-hybridized carbons (Fsp3) is 0.389. The van der Waals surface area contributed by atoms with Crippen molar-refractivity contribution in [3.63, 3.8) is 0 Å². The molecule has 2 N–H and O–H groups in total. The van der Waals surface area contributed by atoms with Crippen LogP contribution in [0.1, 0.15) is 12.0 Å². The van der Waals surface area contributed by atoms with Crippen LogP contribution in [0.3, 0.4) is 0 Å². The van der Waals surface area contributed by atoms with Gasteiger partial charge in [0.2, 0.25) is 5.95 Å². The van der Waals surface area contributed by atoms with Crippen molar-refractivity contribution in [3.8, 4) is 0 Å². The number of fused-ring (bicyclic) bond motifs is 1. The zero-order valence-corrected chi connectivity index (χ0v) is 15.6. The molecule has 1 aromatic carbocycles. The monoisotopic (exact) mass is 374 g/mol. The number of imidazole rings is 1. The van der Waals surface area contributed by atoms with E-state index in [1.54, 1.807) is 23.7 Å². The predicted octanol–water partition coefficient (Wildman–Crippen LogP) is 0.643. The minimum absolute atomic E-state index is 0.321. The van der Waals surface area contributed by atoms with Crippen molar-refractivity contribution in [2.24, 2.45) is 14.1 Å². The Balaban J connectivity index is 2.12. The molecule has 8 nitrogen and oxygen atoms in total. The van der Waals surface area contributed by atoms with E-state index in [1.807, 2.05) is 7.05 Å². The summed E-state index contributed by atoms with van der Waals surface area (Å²) >= 11 is 0. The van der Waals surface area contributed by atoms with Crippen molar-refractivity contribution in [2.45, 2.75) is 13.0 Å². The lowest BCUT2D eigenvalue weighted by Crippen LogP contribution is -2.37. The summed E-state index contributed by atoms with van der Waals surface area (Å²) < 4.78 is 17.4. The van der Waals surface area contributed by atoms with E-state index in [9.17, 15) is 14.0 Å². The van der Waals surface area contributed by atoms with E-state index in [2.05, 4.69) is 15.6 Å². The molecule has 2 aromatic heterocycles. The summed E-state index contributed by atoms with van der Waals surface area (Å²) in [7, 11) is 4.91. The lowest BCUT2D eigenvalue weighted by molar-refractivity contribution is 0.626. The number of aromatic nitrogens is 4. The lowest BCUT2D eigenvalue weighted by atomic mass is 10.2. The molecule has 0 unspecified atom stereocenters. The SMILES string of the molecule is CNCCCNc1nc2c(c(=O)n(C)c(=O)n2C)n1Cc1ccc(F)cc1. The van der Waals surface area contributed by atoms with Crippen molar-refractivity contribution in [1.29, 1.82) is 0 Å². The van der Waals surface area contributed by atoms with Gasteiger partial charge in [-0.25, -0.2) is 9.18 Å². The zero-order chi connectivity index (χ0) is 19.6. The maximum Gasteiger partial charge on any atom is 0.332 e. The molecule has 27 heavy (non-hydrogen) atoms. The van der Waals surface area contributed by atoms with Gasteiger partial charge in [0.1, 0.15) is 5.82 Å². The smallest absolute Gasteiger partial charge is 0.332 e. The number of halogens is 1. The second-order valence-electron chi connectivity index (χ2n) is 6.41. The lowest BCUT2D eigenvalue weighted by Gasteiger charge is -2.11. The van der Waals surface area contributed by atoms with Gasteiger partial charge in [0.25, 0.3) is 5.56 Å². The van der Waals surface area contributed by atoms with Crippen molar-refractivity contribution in [3.05, 3.63) is 56.5 Å². The summed E-state index contributed by atoms with van der Waals surface area (Å²) in [6.07, 6.45) is 0.868. The number of hydrogen-bond donors (Lipinski definition) is 2. The van der Waals surface area contributed by atoms with Gasteiger partial charge in [0, 0.05) is 20.6 Å². The van der Waals surface area contributed by atoms with Gasteiger partial charge in [-0.3, -0.25) is 18.5 Å². The van der Waals surface area contributed by atoms with Crippen LogP contribution in [-0.2, 0) is 20.6 Å². The van der Waals surface area contributed by atoms with Gasteiger partial charge in [0.15, 0.2) is 11.2 Å². The Bertz CT molecular complexity index is 1060. The first-order chi connectivity index (χ1) is 12.9. The Labute approximate surface area is 155 Å². The van der Waals surface area contributed by atoms with E-state index in [4.69, 9.17) is 0 Å². The molecule has 0 atom stereocenters. The van der Waals surface area contributed by atoms with Crippen LogP contribution in [0.15, 0.2) is 33.9 Å². The molecular weight excluding hydrogens is 351 g/mol. The molecule has 0 saturated heterocycles. The predicted molar refractivity (Wildman–Crippen MR) is 103 cm³/mol. The molecule has 3 rings (SSSR count). The zero-order valence-electron chi connectivity index (χ0n) is 15.6. The summed E-state index contributed by atoms with van der Waals surface area (Å²) in [6.45, 7) is 1.83. The summed E-state index contributed by atoms with van der Waals surface area (Å²) in [5.41, 5.74) is 0.637. The first-order valence-corrected chi connectivity index (χ1v) is 8.73. The maximum absolute atomic E-state index is 13.2. The fourth-order valence-electron chi connectivity index (χ4n) is 2.97. The summed E-state index contributed by atoms with van der Waals surface area (Å²) in [6, 6.07) is 6.08. The van der Waals surface area contributed by atoms with Gasteiger partial charge in [-0.15, -0.1) is 0 Å². The van der Waals surface area contributed by atoms with E-state index in [-0.39, 0.29) is 5.82 Å². The van der Waals surface area contributed by atoms with Crippen LogP contribution in [0.4, 0.5) is 10.3 Å². The van der Waals surface area contributed by atoms with E-state index < -0.39 is 11.2 Å². The third-order valence-electron chi connectivity index (χ3n) is 4.49. The molecule has 2 heterocycles. The summed E-state index contributed by atoms with van der Waals surface area (Å²) in [4.78, 5) is 29.5. The average molecular weight is 374 g/mol. The van der Waals surface area contributed by atoms with Crippen LogP contribution in [0.5, 0.6) is 0 Å². The van der Waals surface area contributed by atoms with E-state index >= 15 is 0 Å². The summed E-state index contributed by atoms with van der Waals surface area (Å²) in [5.74, 6) is 0.182. The Morgan fingerprint density at radius 1 is 1.07 bits per heavy atom. The highest BCUT2D eigenvalue weighted by Crippen LogP contribution is 2.18. The average Bonchev–Trinajstić information content (AvgIpc) is 3.02. The Hall–Kier alpha value is -2.94. The van der Waals surface area contributed by atoms with Crippen LogP contribution in [-0.4, -0.2) is 38.8 Å². The van der Waals surface area contributed by atoms with Crippen molar-refractivity contribution in [1.82, 2.24) is 24.0 Å². The molecule has 144 valence electrons. The largest absolute Gasteiger partial charge is 0.356 e. The standard InChI is InChI=1S/C18H23FN6O2/c1-20-9-4-10-21-17-22-15-14(16(26)24(3)18(27)23(15)2)25(17)11-12-5-7-13(19)8-6-12/h5-8,20H,4,9-11H2,1-3H3,(H,21,22). The van der Waals surface area contributed by atoms with E-state index in [1.165, 1.54) is 23.7 Å². The van der Waals surface area contributed by atoms with Gasteiger partial charge in [-0.05, 0) is 37.7 Å². The number of anilines is 1. The minimum Gasteiger partial charge on any atom is -0.356 e. The molecular formula is C18H23FN6O2. The molecule has 9 heteroatoms. The van der Waals surface area contributed by atoms with Crippen molar-refractivity contribution in [2.75, 3.05) is 25.5 Å². The highest BCUT2D eigenvalue weighted by Gasteiger charge is 2.19. The molecule has 0 fully saturated rings. The number of hydrogen-bond acceptors (Lipinski definition) is 5. The fourth-order valence-corrected chi connectivity index (χ4v) is 2.97. The van der Waals surface area contributed by atoms with Gasteiger partial charge < -0.3 is 10.6 Å². The number of nitrogens with zero attached hydrogens (tertiary/aromatic N) is 4. The van der Waals surface area contributed by atoms with Gasteiger partial charge in [-0.1, -0.05) is 12.1 Å². The first-order valence-electron chi connectivity index (χ1n) is 8.73. The normalized spacial score (nSPS) is 11.3. The molecule has 0 bridgehead atoms.